The van der Waals surface area contributed by atoms with Gasteiger partial charge < -0.3 is 9.47 Å². The zero-order valence-electron chi connectivity index (χ0n) is 12.6. The number of likely N-dealkylation sites (tertiary alicyclic amines) is 1. The Hall–Kier alpha value is -1.39. The summed E-state index contributed by atoms with van der Waals surface area (Å²) in [5.41, 5.74) is 1.27. The fourth-order valence-electron chi connectivity index (χ4n) is 2.98. The van der Waals surface area contributed by atoms with Crippen molar-refractivity contribution in [2.75, 3.05) is 26.4 Å². The summed E-state index contributed by atoms with van der Waals surface area (Å²) in [4.78, 5) is 14.6. The molecule has 2 heterocycles. The van der Waals surface area contributed by atoms with Crippen LogP contribution in [0.3, 0.4) is 0 Å². The summed E-state index contributed by atoms with van der Waals surface area (Å²) in [5.74, 6) is -0.0726. The number of carbonyl (C=O) groups is 1. The maximum atomic E-state index is 12.3. The van der Waals surface area contributed by atoms with Gasteiger partial charge in [-0.2, -0.15) is 0 Å². The lowest BCUT2D eigenvalue weighted by Gasteiger charge is -2.37. The number of carbonyl (C=O) groups excluding carboxylic acids is 1. The second kappa shape index (κ2) is 6.16. The Labute approximate surface area is 126 Å². The minimum absolute atomic E-state index is 0.0263. The molecule has 1 aromatic rings. The van der Waals surface area contributed by atoms with Gasteiger partial charge in [-0.1, -0.05) is 37.3 Å². The van der Waals surface area contributed by atoms with Crippen LogP contribution in [-0.2, 0) is 20.8 Å². The van der Waals surface area contributed by atoms with Gasteiger partial charge in [-0.3, -0.25) is 9.69 Å². The molecule has 2 aliphatic rings. The standard InChI is InChI=1S/C17H23NO3/c1-17(11-20-12-17)13-21-16(19)15-8-5-9-18(15)10-14-6-3-2-4-7-14/h2-4,6-7,15H,5,8-13H2,1H3/t15-/m0/s1. The predicted octanol–water partition coefficient (Wildman–Crippen LogP) is 2.23. The summed E-state index contributed by atoms with van der Waals surface area (Å²) in [7, 11) is 0. The van der Waals surface area contributed by atoms with Crippen molar-refractivity contribution >= 4 is 5.97 Å². The zero-order chi connectivity index (χ0) is 14.7. The molecule has 0 bridgehead atoms. The van der Waals surface area contributed by atoms with E-state index in [9.17, 15) is 4.79 Å². The zero-order valence-corrected chi connectivity index (χ0v) is 12.6. The third kappa shape index (κ3) is 3.44. The van der Waals surface area contributed by atoms with E-state index in [4.69, 9.17) is 9.47 Å². The van der Waals surface area contributed by atoms with E-state index in [1.165, 1.54) is 5.56 Å². The molecule has 0 aromatic heterocycles. The number of hydrogen-bond acceptors (Lipinski definition) is 4. The Morgan fingerprint density at radius 3 is 2.81 bits per heavy atom. The molecule has 0 unspecified atom stereocenters. The molecule has 0 aliphatic carbocycles. The summed E-state index contributed by atoms with van der Waals surface area (Å²) in [6.45, 7) is 5.75. The summed E-state index contributed by atoms with van der Waals surface area (Å²) in [6.07, 6.45) is 1.96. The van der Waals surface area contributed by atoms with Crippen LogP contribution in [0, 0.1) is 5.41 Å². The molecule has 1 aromatic carbocycles. The van der Waals surface area contributed by atoms with Crippen LogP contribution in [0.4, 0.5) is 0 Å². The van der Waals surface area contributed by atoms with E-state index in [1.54, 1.807) is 0 Å². The van der Waals surface area contributed by atoms with Gasteiger partial charge in [0.1, 0.15) is 12.6 Å². The van der Waals surface area contributed by atoms with Crippen molar-refractivity contribution in [2.45, 2.75) is 32.4 Å². The minimum Gasteiger partial charge on any atom is -0.464 e. The highest BCUT2D eigenvalue weighted by Crippen LogP contribution is 2.28. The van der Waals surface area contributed by atoms with E-state index < -0.39 is 0 Å². The van der Waals surface area contributed by atoms with E-state index >= 15 is 0 Å². The van der Waals surface area contributed by atoms with Gasteiger partial charge in [0.15, 0.2) is 0 Å². The molecule has 2 saturated heterocycles. The Balaban J connectivity index is 1.54. The van der Waals surface area contributed by atoms with Gasteiger partial charge in [0.05, 0.1) is 13.2 Å². The van der Waals surface area contributed by atoms with E-state index in [2.05, 4.69) is 24.0 Å². The molecular weight excluding hydrogens is 266 g/mol. The van der Waals surface area contributed by atoms with Crippen LogP contribution in [0.1, 0.15) is 25.3 Å². The molecule has 114 valence electrons. The summed E-state index contributed by atoms with van der Waals surface area (Å²) < 4.78 is 10.7. The molecular formula is C17H23NO3. The highest BCUT2D eigenvalue weighted by molar-refractivity contribution is 5.76. The molecule has 0 radical (unpaired) electrons. The first kappa shape index (κ1) is 14.5. The van der Waals surface area contributed by atoms with Gasteiger partial charge in [0.2, 0.25) is 0 Å². The highest BCUT2D eigenvalue weighted by Gasteiger charge is 2.37. The fraction of sp³-hybridized carbons (Fsp3) is 0.588. The molecule has 0 spiro atoms. The molecule has 4 heteroatoms. The molecule has 0 N–H and O–H groups in total. The number of ether oxygens (including phenoxy) is 2. The second-order valence-corrected chi connectivity index (χ2v) is 6.53. The maximum Gasteiger partial charge on any atom is 0.323 e. The summed E-state index contributed by atoms with van der Waals surface area (Å²) in [6, 6.07) is 10.2. The van der Waals surface area contributed by atoms with Gasteiger partial charge in [-0.25, -0.2) is 0 Å². The molecule has 0 saturated carbocycles. The predicted molar refractivity (Wildman–Crippen MR) is 79.8 cm³/mol. The quantitative estimate of drug-likeness (QED) is 0.779. The summed E-state index contributed by atoms with van der Waals surface area (Å²) in [5, 5.41) is 0. The van der Waals surface area contributed by atoms with Crippen LogP contribution in [0.15, 0.2) is 30.3 Å². The van der Waals surface area contributed by atoms with Gasteiger partial charge in [0.25, 0.3) is 0 Å². The normalized spacial score (nSPS) is 24.5. The van der Waals surface area contributed by atoms with Crippen molar-refractivity contribution in [3.63, 3.8) is 0 Å². The lowest BCUT2D eigenvalue weighted by molar-refractivity contribution is -0.169. The molecule has 4 nitrogen and oxygen atoms in total. The average molecular weight is 289 g/mol. The second-order valence-electron chi connectivity index (χ2n) is 6.53. The smallest absolute Gasteiger partial charge is 0.323 e. The van der Waals surface area contributed by atoms with Crippen LogP contribution in [0.25, 0.3) is 0 Å². The molecule has 2 fully saturated rings. The Kier molecular flexibility index (Phi) is 4.27. The first-order valence-electron chi connectivity index (χ1n) is 7.69. The van der Waals surface area contributed by atoms with Crippen LogP contribution in [-0.4, -0.2) is 43.3 Å². The monoisotopic (exact) mass is 289 g/mol. The van der Waals surface area contributed by atoms with Crippen molar-refractivity contribution in [3.05, 3.63) is 35.9 Å². The van der Waals surface area contributed by atoms with E-state index in [-0.39, 0.29) is 17.4 Å². The van der Waals surface area contributed by atoms with Crippen LogP contribution < -0.4 is 0 Å². The lowest BCUT2D eigenvalue weighted by Crippen LogP contribution is -2.46. The van der Waals surface area contributed by atoms with Crippen LogP contribution in [0.5, 0.6) is 0 Å². The first-order valence-corrected chi connectivity index (χ1v) is 7.69. The van der Waals surface area contributed by atoms with E-state index in [0.717, 1.165) is 25.9 Å². The molecule has 2 aliphatic heterocycles. The van der Waals surface area contributed by atoms with Crippen molar-refractivity contribution in [1.29, 1.82) is 0 Å². The molecule has 0 amide bonds. The third-order valence-corrected chi connectivity index (χ3v) is 4.33. The number of benzene rings is 1. The topological polar surface area (TPSA) is 38.8 Å². The van der Waals surface area contributed by atoms with Gasteiger partial charge in [-0.15, -0.1) is 0 Å². The largest absolute Gasteiger partial charge is 0.464 e. The van der Waals surface area contributed by atoms with Crippen LogP contribution >= 0.6 is 0 Å². The lowest BCUT2D eigenvalue weighted by atomic mass is 9.90. The molecule has 3 rings (SSSR count). The van der Waals surface area contributed by atoms with Gasteiger partial charge >= 0.3 is 5.97 Å². The molecule has 1 atom stereocenters. The highest BCUT2D eigenvalue weighted by atomic mass is 16.5. The van der Waals surface area contributed by atoms with Gasteiger partial charge in [0, 0.05) is 12.0 Å². The first-order chi connectivity index (χ1) is 10.2. The van der Waals surface area contributed by atoms with Crippen molar-refractivity contribution in [2.24, 2.45) is 5.41 Å². The number of esters is 1. The Bertz CT molecular complexity index is 484. The van der Waals surface area contributed by atoms with E-state index in [0.29, 0.717) is 19.8 Å². The van der Waals surface area contributed by atoms with Crippen molar-refractivity contribution in [3.8, 4) is 0 Å². The number of rotatable bonds is 5. The van der Waals surface area contributed by atoms with Crippen molar-refractivity contribution in [1.82, 2.24) is 4.90 Å². The maximum absolute atomic E-state index is 12.3. The van der Waals surface area contributed by atoms with Gasteiger partial charge in [-0.05, 0) is 24.9 Å². The number of nitrogens with zero attached hydrogens (tertiary/aromatic N) is 1. The molecule has 21 heavy (non-hydrogen) atoms. The Morgan fingerprint density at radius 1 is 1.38 bits per heavy atom. The van der Waals surface area contributed by atoms with Crippen molar-refractivity contribution < 1.29 is 14.3 Å². The number of hydrogen-bond donors (Lipinski definition) is 0. The van der Waals surface area contributed by atoms with E-state index in [1.807, 2.05) is 18.2 Å². The Morgan fingerprint density at radius 2 is 2.14 bits per heavy atom. The third-order valence-electron chi connectivity index (χ3n) is 4.33. The SMILES string of the molecule is CC1(COC(=O)[C@@H]2CCCN2Cc2ccccc2)COC1. The average Bonchev–Trinajstić information content (AvgIpc) is 2.92. The fourth-order valence-corrected chi connectivity index (χ4v) is 2.98. The summed E-state index contributed by atoms with van der Waals surface area (Å²) >= 11 is 0. The minimum atomic E-state index is -0.0881. The van der Waals surface area contributed by atoms with Crippen LogP contribution in [0.2, 0.25) is 0 Å².